The lowest BCUT2D eigenvalue weighted by atomic mass is 10.1. The van der Waals surface area contributed by atoms with Gasteiger partial charge in [0.1, 0.15) is 5.82 Å². The molecule has 0 spiro atoms. The summed E-state index contributed by atoms with van der Waals surface area (Å²) >= 11 is 0. The highest BCUT2D eigenvalue weighted by Crippen LogP contribution is 2.07. The maximum Gasteiger partial charge on any atom is 0.242 e. The first-order valence-corrected chi connectivity index (χ1v) is 7.90. The van der Waals surface area contributed by atoms with Gasteiger partial charge in [0.2, 0.25) is 11.8 Å². The maximum atomic E-state index is 12.9. The van der Waals surface area contributed by atoms with Crippen LogP contribution in [0, 0.1) is 11.7 Å². The second-order valence-electron chi connectivity index (χ2n) is 5.93. The fraction of sp³-hybridized carbons (Fsp3) is 0.529. The normalized spacial score (nSPS) is 11.6. The summed E-state index contributed by atoms with van der Waals surface area (Å²) < 4.78 is 12.9. The van der Waals surface area contributed by atoms with E-state index in [2.05, 4.69) is 5.32 Å². The van der Waals surface area contributed by atoms with Gasteiger partial charge < -0.3 is 16.0 Å². The standard InChI is InChI=1S/C17H26FN3O2.ClH/c1-4-9-21(11-13-5-7-14(18)8-6-13)15(22)10-20-17(23)16(19)12(2)3;/h5-8,12,16H,4,9-11,19H2,1-3H3,(H,20,23);1H/t16-;/m0./s1. The van der Waals surface area contributed by atoms with Gasteiger partial charge in [-0.15, -0.1) is 12.4 Å². The van der Waals surface area contributed by atoms with E-state index in [9.17, 15) is 14.0 Å². The van der Waals surface area contributed by atoms with Crippen LogP contribution in [-0.2, 0) is 16.1 Å². The first-order valence-electron chi connectivity index (χ1n) is 7.90. The number of benzene rings is 1. The molecule has 0 saturated carbocycles. The van der Waals surface area contributed by atoms with E-state index in [1.165, 1.54) is 12.1 Å². The molecular weight excluding hydrogens is 333 g/mol. The number of nitrogens with zero attached hydrogens (tertiary/aromatic N) is 1. The van der Waals surface area contributed by atoms with E-state index in [0.29, 0.717) is 13.1 Å². The minimum atomic E-state index is -0.625. The molecular formula is C17H27ClFN3O2. The van der Waals surface area contributed by atoms with Gasteiger partial charge >= 0.3 is 0 Å². The van der Waals surface area contributed by atoms with Gasteiger partial charge in [-0.05, 0) is 30.0 Å². The molecule has 0 aliphatic rings. The van der Waals surface area contributed by atoms with Gasteiger partial charge in [-0.2, -0.15) is 0 Å². The minimum Gasteiger partial charge on any atom is -0.346 e. The Labute approximate surface area is 149 Å². The number of halogens is 2. The summed E-state index contributed by atoms with van der Waals surface area (Å²) in [4.78, 5) is 25.8. The van der Waals surface area contributed by atoms with E-state index < -0.39 is 6.04 Å². The van der Waals surface area contributed by atoms with Crippen LogP contribution >= 0.6 is 12.4 Å². The van der Waals surface area contributed by atoms with Crippen molar-refractivity contribution >= 4 is 24.2 Å². The number of nitrogens with one attached hydrogen (secondary N) is 1. The quantitative estimate of drug-likeness (QED) is 0.746. The Bertz CT molecular complexity index is 523. The van der Waals surface area contributed by atoms with Crippen molar-refractivity contribution in [1.29, 1.82) is 0 Å². The van der Waals surface area contributed by atoms with E-state index in [1.54, 1.807) is 17.0 Å². The minimum absolute atomic E-state index is 0. The predicted molar refractivity (Wildman–Crippen MR) is 95.2 cm³/mol. The molecule has 0 unspecified atom stereocenters. The van der Waals surface area contributed by atoms with Crippen LogP contribution in [0.2, 0.25) is 0 Å². The molecule has 7 heteroatoms. The molecule has 1 aromatic rings. The summed E-state index contributed by atoms with van der Waals surface area (Å²) in [6.07, 6.45) is 0.798. The first-order chi connectivity index (χ1) is 10.8. The summed E-state index contributed by atoms with van der Waals surface area (Å²) in [6.45, 7) is 6.55. The maximum absolute atomic E-state index is 12.9. The third kappa shape index (κ3) is 7.27. The van der Waals surface area contributed by atoms with Crippen LogP contribution in [0.4, 0.5) is 4.39 Å². The lowest BCUT2D eigenvalue weighted by Crippen LogP contribution is -2.47. The van der Waals surface area contributed by atoms with Gasteiger partial charge in [0.25, 0.3) is 0 Å². The summed E-state index contributed by atoms with van der Waals surface area (Å²) in [6, 6.07) is 5.41. The van der Waals surface area contributed by atoms with Gasteiger partial charge in [-0.25, -0.2) is 4.39 Å². The average Bonchev–Trinajstić information content (AvgIpc) is 2.52. The van der Waals surface area contributed by atoms with Gasteiger partial charge in [0, 0.05) is 13.1 Å². The van der Waals surface area contributed by atoms with E-state index >= 15 is 0 Å². The van der Waals surface area contributed by atoms with Crippen molar-refractivity contribution in [2.75, 3.05) is 13.1 Å². The molecule has 0 bridgehead atoms. The first kappa shape index (κ1) is 22.3. The zero-order valence-corrected chi connectivity index (χ0v) is 15.2. The second-order valence-corrected chi connectivity index (χ2v) is 5.93. The number of rotatable bonds is 8. The Hall–Kier alpha value is -1.66. The highest BCUT2D eigenvalue weighted by atomic mass is 35.5. The van der Waals surface area contributed by atoms with Gasteiger partial charge in [0.05, 0.1) is 12.6 Å². The Morgan fingerprint density at radius 1 is 1.25 bits per heavy atom. The molecule has 1 atom stereocenters. The molecule has 0 heterocycles. The number of hydrogen-bond donors (Lipinski definition) is 2. The van der Waals surface area contributed by atoms with Crippen LogP contribution in [0.1, 0.15) is 32.8 Å². The Morgan fingerprint density at radius 2 is 1.83 bits per heavy atom. The molecule has 136 valence electrons. The molecule has 2 amide bonds. The van der Waals surface area contributed by atoms with Gasteiger partial charge in [0.15, 0.2) is 0 Å². The molecule has 1 rings (SSSR count). The fourth-order valence-electron chi connectivity index (χ4n) is 2.07. The molecule has 0 aliphatic carbocycles. The highest BCUT2D eigenvalue weighted by molar-refractivity contribution is 5.87. The summed E-state index contributed by atoms with van der Waals surface area (Å²) in [5, 5.41) is 2.58. The summed E-state index contributed by atoms with van der Waals surface area (Å²) in [5.74, 6) is -0.805. The van der Waals surface area contributed by atoms with Crippen LogP contribution in [0.5, 0.6) is 0 Å². The van der Waals surface area contributed by atoms with Crippen molar-refractivity contribution in [3.8, 4) is 0 Å². The van der Waals surface area contributed by atoms with Crippen LogP contribution in [-0.4, -0.2) is 35.8 Å². The van der Waals surface area contributed by atoms with Crippen LogP contribution < -0.4 is 11.1 Å². The molecule has 24 heavy (non-hydrogen) atoms. The number of carbonyl (C=O) groups excluding carboxylic acids is 2. The smallest absolute Gasteiger partial charge is 0.242 e. The topological polar surface area (TPSA) is 75.4 Å². The summed E-state index contributed by atoms with van der Waals surface area (Å²) in [5.41, 5.74) is 6.59. The van der Waals surface area contributed by atoms with Gasteiger partial charge in [-0.3, -0.25) is 9.59 Å². The second kappa shape index (κ2) is 11.0. The van der Waals surface area contributed by atoms with E-state index in [-0.39, 0.29) is 42.5 Å². The fourth-order valence-corrected chi connectivity index (χ4v) is 2.07. The van der Waals surface area contributed by atoms with Gasteiger partial charge in [-0.1, -0.05) is 32.9 Å². The molecule has 0 radical (unpaired) electrons. The van der Waals surface area contributed by atoms with Crippen molar-refractivity contribution < 1.29 is 14.0 Å². The Balaban J connectivity index is 0.00000529. The zero-order chi connectivity index (χ0) is 17.4. The Kier molecular flexibility index (Phi) is 10.2. The summed E-state index contributed by atoms with van der Waals surface area (Å²) in [7, 11) is 0. The van der Waals surface area contributed by atoms with E-state index in [4.69, 9.17) is 5.73 Å². The molecule has 5 nitrogen and oxygen atoms in total. The number of carbonyl (C=O) groups is 2. The predicted octanol–water partition coefficient (Wildman–Crippen LogP) is 2.09. The lowest BCUT2D eigenvalue weighted by molar-refractivity contribution is -0.133. The van der Waals surface area contributed by atoms with Crippen LogP contribution in [0.25, 0.3) is 0 Å². The third-order valence-electron chi connectivity index (χ3n) is 3.57. The highest BCUT2D eigenvalue weighted by Gasteiger charge is 2.19. The molecule has 1 aromatic carbocycles. The lowest BCUT2D eigenvalue weighted by Gasteiger charge is -2.23. The Morgan fingerprint density at radius 3 is 2.33 bits per heavy atom. The van der Waals surface area contributed by atoms with Crippen LogP contribution in [0.15, 0.2) is 24.3 Å². The van der Waals surface area contributed by atoms with Crippen molar-refractivity contribution in [3.63, 3.8) is 0 Å². The largest absolute Gasteiger partial charge is 0.346 e. The van der Waals surface area contributed by atoms with Crippen molar-refractivity contribution in [2.24, 2.45) is 11.7 Å². The molecule has 3 N–H and O–H groups in total. The average molecular weight is 360 g/mol. The number of amides is 2. The van der Waals surface area contributed by atoms with E-state index in [1.807, 2.05) is 20.8 Å². The molecule has 0 aromatic heterocycles. The molecule has 0 aliphatic heterocycles. The molecule has 0 fully saturated rings. The zero-order valence-electron chi connectivity index (χ0n) is 14.4. The van der Waals surface area contributed by atoms with Crippen molar-refractivity contribution in [2.45, 2.75) is 39.8 Å². The van der Waals surface area contributed by atoms with E-state index in [0.717, 1.165) is 12.0 Å². The van der Waals surface area contributed by atoms with Crippen molar-refractivity contribution in [3.05, 3.63) is 35.6 Å². The third-order valence-corrected chi connectivity index (χ3v) is 3.57. The number of hydrogen-bond acceptors (Lipinski definition) is 3. The van der Waals surface area contributed by atoms with Crippen molar-refractivity contribution in [1.82, 2.24) is 10.2 Å². The SMILES string of the molecule is CCCN(Cc1ccc(F)cc1)C(=O)CNC(=O)[C@@H](N)C(C)C.Cl. The van der Waals surface area contributed by atoms with Crippen LogP contribution in [0.3, 0.4) is 0 Å². The monoisotopic (exact) mass is 359 g/mol. The molecule has 0 saturated heterocycles. The number of nitrogens with two attached hydrogens (primary N) is 1.